The summed E-state index contributed by atoms with van der Waals surface area (Å²) in [6.07, 6.45) is 0.916. The molecule has 0 fully saturated rings. The number of amides is 1. The number of Topliss-reactive ketones (excluding diaryl/α,β-unsaturated/α-hetero) is 2. The molecule has 4 heteroatoms. The van der Waals surface area contributed by atoms with Crippen molar-refractivity contribution in [3.8, 4) is 0 Å². The van der Waals surface area contributed by atoms with Gasteiger partial charge in [0.05, 0.1) is 5.92 Å². The van der Waals surface area contributed by atoms with Gasteiger partial charge in [0.15, 0.2) is 5.78 Å². The van der Waals surface area contributed by atoms with Gasteiger partial charge in [0.25, 0.3) is 0 Å². The molecule has 0 aromatic heterocycles. The Bertz CT molecular complexity index is 707. The van der Waals surface area contributed by atoms with Crippen LogP contribution in [0.4, 0.5) is 0 Å². The van der Waals surface area contributed by atoms with E-state index in [-0.39, 0.29) is 17.5 Å². The van der Waals surface area contributed by atoms with Crippen LogP contribution >= 0.6 is 0 Å². The van der Waals surface area contributed by atoms with Crippen molar-refractivity contribution in [3.05, 3.63) is 71.3 Å². The van der Waals surface area contributed by atoms with E-state index in [9.17, 15) is 14.4 Å². The second-order valence-electron chi connectivity index (χ2n) is 5.86. The van der Waals surface area contributed by atoms with E-state index < -0.39 is 5.92 Å². The molecular weight excluding hydrogens is 362 g/mol. The third kappa shape index (κ3) is 12.3. The smallest absolute Gasteiger partial charge is 0.230 e. The molecule has 4 nitrogen and oxygen atoms in total. The van der Waals surface area contributed by atoms with Crippen LogP contribution in [0.1, 0.15) is 70.0 Å². The van der Waals surface area contributed by atoms with Crippen molar-refractivity contribution in [3.63, 3.8) is 0 Å². The fraction of sp³-hybridized carbons (Fsp3) is 0.400. The minimum atomic E-state index is -0.505. The molecule has 1 unspecified atom stereocenters. The van der Waals surface area contributed by atoms with Gasteiger partial charge in [-0.2, -0.15) is 0 Å². The SMILES string of the molecule is CC.CC.CC(=O)c1ccc(Cc2ccccc2)cc1.CNC(=O)C(C)C(C)=O. The monoisotopic (exact) mass is 399 g/mol. The Morgan fingerprint density at radius 1 is 0.793 bits per heavy atom. The topological polar surface area (TPSA) is 63.2 Å². The number of rotatable bonds is 5. The summed E-state index contributed by atoms with van der Waals surface area (Å²) in [5, 5.41) is 2.39. The molecule has 0 aliphatic heterocycles. The number of hydrogen-bond acceptors (Lipinski definition) is 3. The van der Waals surface area contributed by atoms with Gasteiger partial charge >= 0.3 is 0 Å². The van der Waals surface area contributed by atoms with Crippen LogP contribution in [0.15, 0.2) is 54.6 Å². The Balaban J connectivity index is 0. The van der Waals surface area contributed by atoms with Crippen LogP contribution in [-0.2, 0) is 16.0 Å². The molecule has 1 N–H and O–H groups in total. The predicted octanol–water partition coefficient (Wildman–Crippen LogP) is 5.49. The highest BCUT2D eigenvalue weighted by atomic mass is 16.2. The van der Waals surface area contributed by atoms with Crippen molar-refractivity contribution in [1.82, 2.24) is 5.32 Å². The number of nitrogens with one attached hydrogen (secondary N) is 1. The van der Waals surface area contributed by atoms with E-state index in [2.05, 4.69) is 17.4 Å². The average molecular weight is 400 g/mol. The third-order valence-electron chi connectivity index (χ3n) is 3.86. The van der Waals surface area contributed by atoms with Crippen LogP contribution in [0.2, 0.25) is 0 Å². The molecule has 0 spiro atoms. The van der Waals surface area contributed by atoms with Crippen LogP contribution < -0.4 is 5.32 Å². The summed E-state index contributed by atoms with van der Waals surface area (Å²) < 4.78 is 0. The minimum Gasteiger partial charge on any atom is -0.359 e. The first-order valence-corrected chi connectivity index (χ1v) is 10.2. The fourth-order valence-electron chi connectivity index (χ4n) is 2.09. The summed E-state index contributed by atoms with van der Waals surface area (Å²) >= 11 is 0. The Morgan fingerprint density at radius 3 is 1.59 bits per heavy atom. The summed E-state index contributed by atoms with van der Waals surface area (Å²) in [7, 11) is 1.52. The Hall–Kier alpha value is -2.75. The fourth-order valence-corrected chi connectivity index (χ4v) is 2.09. The van der Waals surface area contributed by atoms with Gasteiger partial charge < -0.3 is 5.32 Å². The zero-order valence-corrected chi connectivity index (χ0v) is 19.2. The maximum Gasteiger partial charge on any atom is 0.230 e. The van der Waals surface area contributed by atoms with Crippen molar-refractivity contribution >= 4 is 17.5 Å². The highest BCUT2D eigenvalue weighted by molar-refractivity contribution is 5.99. The van der Waals surface area contributed by atoms with Gasteiger partial charge in [-0.1, -0.05) is 82.3 Å². The largest absolute Gasteiger partial charge is 0.359 e. The first-order valence-electron chi connectivity index (χ1n) is 10.2. The zero-order chi connectivity index (χ0) is 22.8. The average Bonchev–Trinajstić information content (AvgIpc) is 2.77. The van der Waals surface area contributed by atoms with Crippen molar-refractivity contribution in [1.29, 1.82) is 0 Å². The molecule has 0 bridgehead atoms. The lowest BCUT2D eigenvalue weighted by Crippen LogP contribution is -2.29. The summed E-state index contributed by atoms with van der Waals surface area (Å²) in [6.45, 7) is 12.6. The molecule has 2 aromatic carbocycles. The predicted molar refractivity (Wildman–Crippen MR) is 122 cm³/mol. The van der Waals surface area contributed by atoms with Gasteiger partial charge in [0.2, 0.25) is 5.91 Å². The van der Waals surface area contributed by atoms with Crippen molar-refractivity contribution < 1.29 is 14.4 Å². The van der Waals surface area contributed by atoms with Crippen LogP contribution in [0, 0.1) is 5.92 Å². The molecule has 0 aliphatic carbocycles. The summed E-state index contributed by atoms with van der Waals surface area (Å²) in [5.74, 6) is -0.710. The van der Waals surface area contributed by atoms with Crippen molar-refractivity contribution in [2.45, 2.75) is 54.9 Å². The van der Waals surface area contributed by atoms with Gasteiger partial charge in [-0.25, -0.2) is 0 Å². The lowest BCUT2D eigenvalue weighted by molar-refractivity contribution is -0.131. The molecule has 0 aliphatic rings. The normalized spacial score (nSPS) is 9.79. The maximum atomic E-state index is 11.1. The van der Waals surface area contributed by atoms with Gasteiger partial charge in [-0.05, 0) is 38.3 Å². The van der Waals surface area contributed by atoms with E-state index in [0.29, 0.717) is 0 Å². The molecule has 1 atom stereocenters. The molecule has 160 valence electrons. The molecule has 1 amide bonds. The summed E-state index contributed by atoms with van der Waals surface area (Å²) in [4.78, 5) is 32.2. The molecule has 0 heterocycles. The molecule has 0 saturated carbocycles. The lowest BCUT2D eigenvalue weighted by Gasteiger charge is -2.03. The van der Waals surface area contributed by atoms with Crippen molar-refractivity contribution in [2.75, 3.05) is 7.05 Å². The van der Waals surface area contributed by atoms with Crippen LogP contribution in [0.25, 0.3) is 0 Å². The summed E-state index contributed by atoms with van der Waals surface area (Å²) in [6, 6.07) is 18.1. The first-order chi connectivity index (χ1) is 13.8. The number of ketones is 2. The van der Waals surface area contributed by atoms with E-state index in [1.807, 2.05) is 70.2 Å². The molecule has 2 rings (SSSR count). The number of carbonyl (C=O) groups is 3. The second-order valence-corrected chi connectivity index (χ2v) is 5.86. The molecular formula is C25H37NO3. The minimum absolute atomic E-state index is 0.102. The second kappa shape index (κ2) is 17.4. The van der Waals surface area contributed by atoms with Crippen LogP contribution in [-0.4, -0.2) is 24.5 Å². The first kappa shape index (κ1) is 28.5. The highest BCUT2D eigenvalue weighted by Gasteiger charge is 2.14. The standard InChI is InChI=1S/C15H14O.C6H11NO2.2C2H6/c1-12(16)15-9-7-14(8-10-15)11-13-5-3-2-4-6-13;1-4(5(2)8)6(9)7-3;2*1-2/h2-10H,11H2,1H3;4H,1-3H3,(H,7,9);2*1-2H3. The zero-order valence-electron chi connectivity index (χ0n) is 19.2. The van der Waals surface area contributed by atoms with E-state index in [1.54, 1.807) is 13.8 Å². The van der Waals surface area contributed by atoms with Gasteiger partial charge in [0.1, 0.15) is 5.78 Å². The van der Waals surface area contributed by atoms with Gasteiger partial charge in [-0.3, -0.25) is 14.4 Å². The summed E-state index contributed by atoms with van der Waals surface area (Å²) in [5.41, 5.74) is 3.30. The van der Waals surface area contributed by atoms with E-state index >= 15 is 0 Å². The van der Waals surface area contributed by atoms with Gasteiger partial charge in [0, 0.05) is 12.6 Å². The Labute approximate surface area is 176 Å². The number of carbonyl (C=O) groups excluding carboxylic acids is 3. The number of benzene rings is 2. The molecule has 2 aromatic rings. The van der Waals surface area contributed by atoms with E-state index in [4.69, 9.17) is 0 Å². The Morgan fingerprint density at radius 2 is 1.24 bits per heavy atom. The molecule has 29 heavy (non-hydrogen) atoms. The third-order valence-corrected chi connectivity index (χ3v) is 3.86. The Kier molecular flexibility index (Phi) is 17.0. The number of hydrogen-bond donors (Lipinski definition) is 1. The van der Waals surface area contributed by atoms with E-state index in [0.717, 1.165) is 12.0 Å². The highest BCUT2D eigenvalue weighted by Crippen LogP contribution is 2.10. The lowest BCUT2D eigenvalue weighted by atomic mass is 10.0. The quantitative estimate of drug-likeness (QED) is 0.534. The molecule has 0 radical (unpaired) electrons. The van der Waals surface area contributed by atoms with E-state index in [1.165, 1.54) is 25.1 Å². The maximum absolute atomic E-state index is 11.1. The van der Waals surface area contributed by atoms with Crippen LogP contribution in [0.5, 0.6) is 0 Å². The van der Waals surface area contributed by atoms with Crippen molar-refractivity contribution in [2.24, 2.45) is 5.92 Å². The molecule has 0 saturated heterocycles. The van der Waals surface area contributed by atoms with Gasteiger partial charge in [-0.15, -0.1) is 0 Å². The van der Waals surface area contributed by atoms with Crippen LogP contribution in [0.3, 0.4) is 0 Å².